The molecule has 0 aromatic heterocycles. The summed E-state index contributed by atoms with van der Waals surface area (Å²) in [5, 5.41) is 2.98. The van der Waals surface area contributed by atoms with E-state index >= 15 is 0 Å². The smallest absolute Gasteiger partial charge is 0.161 e. The Morgan fingerprint density at radius 1 is 1.12 bits per heavy atom. The van der Waals surface area contributed by atoms with Crippen molar-refractivity contribution in [3.8, 4) is 0 Å². The molecule has 1 nitrogen and oxygen atoms in total. The van der Waals surface area contributed by atoms with Crippen molar-refractivity contribution < 1.29 is 13.2 Å². The van der Waals surface area contributed by atoms with E-state index in [0.29, 0.717) is 12.0 Å². The molecule has 1 saturated carbocycles. The van der Waals surface area contributed by atoms with Gasteiger partial charge in [-0.15, -0.1) is 0 Å². The molecule has 1 fully saturated rings. The topological polar surface area (TPSA) is 12.0 Å². The second-order valence-corrected chi connectivity index (χ2v) is 4.25. The lowest BCUT2D eigenvalue weighted by atomic mass is 9.77. The quantitative estimate of drug-likeness (QED) is 0.785. The standard InChI is InChI=1S/C12H14F3N/c1-16-12(7-3-2-4-7)8-5-10(14)11(15)6-9(8)13/h5-7,12,16H,2-4H2,1H3. The third kappa shape index (κ3) is 1.94. The lowest BCUT2D eigenvalue weighted by molar-refractivity contribution is 0.234. The predicted octanol–water partition coefficient (Wildman–Crippen LogP) is 3.16. The van der Waals surface area contributed by atoms with Crippen molar-refractivity contribution in [2.24, 2.45) is 5.92 Å². The third-order valence-corrected chi connectivity index (χ3v) is 3.31. The summed E-state index contributed by atoms with van der Waals surface area (Å²) < 4.78 is 39.4. The molecule has 0 spiro atoms. The SMILES string of the molecule is CNC(c1cc(F)c(F)cc1F)C1CCC1. The van der Waals surface area contributed by atoms with Gasteiger partial charge in [0.25, 0.3) is 0 Å². The van der Waals surface area contributed by atoms with Crippen molar-refractivity contribution >= 4 is 0 Å². The highest BCUT2D eigenvalue weighted by atomic mass is 19.2. The Labute approximate surface area is 92.7 Å². The maximum absolute atomic E-state index is 13.5. The molecule has 0 radical (unpaired) electrons. The summed E-state index contributed by atoms with van der Waals surface area (Å²) in [6.45, 7) is 0. The summed E-state index contributed by atoms with van der Waals surface area (Å²) in [5.74, 6) is -2.48. The summed E-state index contributed by atoms with van der Waals surface area (Å²) in [6.07, 6.45) is 3.13. The van der Waals surface area contributed by atoms with Crippen LogP contribution in [0, 0.1) is 23.4 Å². The van der Waals surface area contributed by atoms with Gasteiger partial charge >= 0.3 is 0 Å². The molecule has 4 heteroatoms. The number of benzene rings is 1. The summed E-state index contributed by atoms with van der Waals surface area (Å²) in [6, 6.07) is 1.36. The van der Waals surface area contributed by atoms with E-state index in [1.165, 1.54) is 0 Å². The summed E-state index contributed by atoms with van der Waals surface area (Å²) in [4.78, 5) is 0. The van der Waals surface area contributed by atoms with Crippen LogP contribution in [0.2, 0.25) is 0 Å². The fourth-order valence-corrected chi connectivity index (χ4v) is 2.19. The van der Waals surface area contributed by atoms with Gasteiger partial charge < -0.3 is 5.32 Å². The molecule has 16 heavy (non-hydrogen) atoms. The van der Waals surface area contributed by atoms with Crippen LogP contribution in [0.3, 0.4) is 0 Å². The maximum Gasteiger partial charge on any atom is 0.161 e. The Bertz CT molecular complexity index is 388. The molecule has 2 rings (SSSR count). The van der Waals surface area contributed by atoms with Gasteiger partial charge in [-0.05, 0) is 31.9 Å². The first-order valence-corrected chi connectivity index (χ1v) is 5.45. The number of halogens is 3. The summed E-state index contributed by atoms with van der Waals surface area (Å²) >= 11 is 0. The Morgan fingerprint density at radius 2 is 1.75 bits per heavy atom. The van der Waals surface area contributed by atoms with Crippen molar-refractivity contribution in [1.29, 1.82) is 0 Å². The summed E-state index contributed by atoms with van der Waals surface area (Å²) in [5.41, 5.74) is 0.228. The molecule has 1 unspecified atom stereocenters. The van der Waals surface area contributed by atoms with Crippen LogP contribution in [0.15, 0.2) is 12.1 Å². The fourth-order valence-electron chi connectivity index (χ4n) is 2.19. The predicted molar refractivity (Wildman–Crippen MR) is 55.5 cm³/mol. The first-order chi connectivity index (χ1) is 7.63. The van der Waals surface area contributed by atoms with Gasteiger partial charge in [-0.3, -0.25) is 0 Å². The second-order valence-electron chi connectivity index (χ2n) is 4.25. The van der Waals surface area contributed by atoms with Gasteiger partial charge in [0.1, 0.15) is 5.82 Å². The van der Waals surface area contributed by atoms with Gasteiger partial charge in [0, 0.05) is 17.7 Å². The van der Waals surface area contributed by atoms with Gasteiger partial charge in [-0.2, -0.15) is 0 Å². The monoisotopic (exact) mass is 229 g/mol. The number of hydrogen-bond donors (Lipinski definition) is 1. The molecule has 0 saturated heterocycles. The van der Waals surface area contributed by atoms with Crippen LogP contribution >= 0.6 is 0 Å². The second kappa shape index (κ2) is 4.45. The fraction of sp³-hybridized carbons (Fsp3) is 0.500. The first kappa shape index (κ1) is 11.5. The van der Waals surface area contributed by atoms with Gasteiger partial charge in [0.05, 0.1) is 0 Å². The zero-order chi connectivity index (χ0) is 11.7. The van der Waals surface area contributed by atoms with Crippen LogP contribution in [0.4, 0.5) is 13.2 Å². The molecule has 1 aliphatic rings. The van der Waals surface area contributed by atoms with Crippen molar-refractivity contribution in [3.05, 3.63) is 35.1 Å². The van der Waals surface area contributed by atoms with E-state index < -0.39 is 17.5 Å². The van der Waals surface area contributed by atoms with E-state index in [1.807, 2.05) is 0 Å². The molecule has 1 aromatic rings. The molecule has 1 atom stereocenters. The van der Waals surface area contributed by atoms with Crippen LogP contribution in [0.1, 0.15) is 30.9 Å². The molecule has 1 aromatic carbocycles. The molecule has 0 heterocycles. The molecule has 1 N–H and O–H groups in total. The highest BCUT2D eigenvalue weighted by Gasteiger charge is 2.29. The van der Waals surface area contributed by atoms with Gasteiger partial charge in [0.2, 0.25) is 0 Å². The minimum absolute atomic E-state index is 0.219. The van der Waals surface area contributed by atoms with E-state index in [9.17, 15) is 13.2 Å². The maximum atomic E-state index is 13.5. The molecule has 0 amide bonds. The Kier molecular flexibility index (Phi) is 3.19. The van der Waals surface area contributed by atoms with Crippen LogP contribution < -0.4 is 5.32 Å². The van der Waals surface area contributed by atoms with Crippen molar-refractivity contribution in [2.75, 3.05) is 7.05 Å². The average Bonchev–Trinajstić information content (AvgIpc) is 2.17. The van der Waals surface area contributed by atoms with Gasteiger partial charge in [-0.1, -0.05) is 6.42 Å². The molecule has 88 valence electrons. The van der Waals surface area contributed by atoms with E-state index in [2.05, 4.69) is 5.32 Å². The van der Waals surface area contributed by atoms with E-state index in [0.717, 1.165) is 25.3 Å². The van der Waals surface area contributed by atoms with Crippen LogP contribution in [0.5, 0.6) is 0 Å². The van der Waals surface area contributed by atoms with Gasteiger partial charge in [-0.25, -0.2) is 13.2 Å². The Hall–Kier alpha value is -1.03. The Balaban J connectivity index is 2.33. The van der Waals surface area contributed by atoms with Crippen LogP contribution in [-0.4, -0.2) is 7.05 Å². The zero-order valence-electron chi connectivity index (χ0n) is 9.06. The van der Waals surface area contributed by atoms with Gasteiger partial charge in [0.15, 0.2) is 11.6 Å². The average molecular weight is 229 g/mol. The number of rotatable bonds is 3. The molecular weight excluding hydrogens is 215 g/mol. The van der Waals surface area contributed by atoms with Crippen LogP contribution in [0.25, 0.3) is 0 Å². The third-order valence-electron chi connectivity index (χ3n) is 3.31. The van der Waals surface area contributed by atoms with E-state index in [1.54, 1.807) is 7.05 Å². The molecule has 1 aliphatic carbocycles. The molecule has 0 aliphatic heterocycles. The summed E-state index contributed by atoms with van der Waals surface area (Å²) in [7, 11) is 1.71. The van der Waals surface area contributed by atoms with Crippen molar-refractivity contribution in [2.45, 2.75) is 25.3 Å². The largest absolute Gasteiger partial charge is 0.313 e. The van der Waals surface area contributed by atoms with E-state index in [4.69, 9.17) is 0 Å². The van der Waals surface area contributed by atoms with Crippen molar-refractivity contribution in [1.82, 2.24) is 5.32 Å². The Morgan fingerprint density at radius 3 is 2.25 bits per heavy atom. The first-order valence-electron chi connectivity index (χ1n) is 5.45. The van der Waals surface area contributed by atoms with Crippen LogP contribution in [-0.2, 0) is 0 Å². The van der Waals surface area contributed by atoms with Crippen molar-refractivity contribution in [3.63, 3.8) is 0 Å². The minimum atomic E-state index is -1.13. The number of hydrogen-bond acceptors (Lipinski definition) is 1. The molecular formula is C12H14F3N. The lowest BCUT2D eigenvalue weighted by Gasteiger charge is -2.34. The zero-order valence-corrected chi connectivity index (χ0v) is 9.06. The molecule has 0 bridgehead atoms. The minimum Gasteiger partial charge on any atom is -0.313 e. The normalized spacial score (nSPS) is 18.2. The highest BCUT2D eigenvalue weighted by molar-refractivity contribution is 5.24. The lowest BCUT2D eigenvalue weighted by Crippen LogP contribution is -2.30. The van der Waals surface area contributed by atoms with E-state index in [-0.39, 0.29) is 11.6 Å². The number of nitrogens with one attached hydrogen (secondary N) is 1. The highest BCUT2D eigenvalue weighted by Crippen LogP contribution is 2.38.